The zero-order valence-electron chi connectivity index (χ0n) is 15.1. The minimum Gasteiger partial charge on any atom is -0.340 e. The Morgan fingerprint density at radius 1 is 1.21 bits per heavy atom. The summed E-state index contributed by atoms with van der Waals surface area (Å²) >= 11 is 0. The van der Waals surface area contributed by atoms with Crippen LogP contribution in [0.15, 0.2) is 34.9 Å². The smallest absolute Gasteiger partial charge is 0.232 e. The molecule has 2 heterocycles. The molecule has 4 nitrogen and oxygen atoms in total. The maximum absolute atomic E-state index is 5.82. The number of hydrogen-bond acceptors (Lipinski definition) is 4. The van der Waals surface area contributed by atoms with Gasteiger partial charge in [0.1, 0.15) is 5.69 Å². The van der Waals surface area contributed by atoms with Gasteiger partial charge in [0, 0.05) is 25.2 Å². The SMILES string of the molecule is CC(C)CNCc1c(-c2ccccc2)noc1N1CCC(C)CC1. The van der Waals surface area contributed by atoms with Crippen molar-refractivity contribution < 1.29 is 4.52 Å². The third-order valence-corrected chi connectivity index (χ3v) is 4.74. The van der Waals surface area contributed by atoms with Gasteiger partial charge in [-0.15, -0.1) is 0 Å². The van der Waals surface area contributed by atoms with Crippen molar-refractivity contribution in [2.24, 2.45) is 11.8 Å². The van der Waals surface area contributed by atoms with Crippen molar-refractivity contribution in [3.8, 4) is 11.3 Å². The van der Waals surface area contributed by atoms with E-state index in [1.165, 1.54) is 18.4 Å². The lowest BCUT2D eigenvalue weighted by atomic mass is 9.98. The summed E-state index contributed by atoms with van der Waals surface area (Å²) in [5.41, 5.74) is 3.29. The second kappa shape index (κ2) is 7.84. The van der Waals surface area contributed by atoms with E-state index in [9.17, 15) is 0 Å². The van der Waals surface area contributed by atoms with E-state index in [4.69, 9.17) is 4.52 Å². The van der Waals surface area contributed by atoms with E-state index in [2.05, 4.69) is 60.4 Å². The predicted molar refractivity (Wildman–Crippen MR) is 99.1 cm³/mol. The Balaban J connectivity index is 1.86. The highest BCUT2D eigenvalue weighted by molar-refractivity contribution is 5.68. The fourth-order valence-electron chi connectivity index (χ4n) is 3.23. The van der Waals surface area contributed by atoms with Gasteiger partial charge in [0.2, 0.25) is 5.88 Å². The van der Waals surface area contributed by atoms with Crippen molar-refractivity contribution in [3.05, 3.63) is 35.9 Å². The van der Waals surface area contributed by atoms with Crippen LogP contribution >= 0.6 is 0 Å². The quantitative estimate of drug-likeness (QED) is 0.858. The van der Waals surface area contributed by atoms with Crippen LogP contribution in [0.3, 0.4) is 0 Å². The standard InChI is InChI=1S/C20H29N3O/c1-15(2)13-21-14-18-19(17-7-5-4-6-8-17)22-24-20(18)23-11-9-16(3)10-12-23/h4-8,15-16,21H,9-14H2,1-3H3. The van der Waals surface area contributed by atoms with Crippen molar-refractivity contribution in [2.75, 3.05) is 24.5 Å². The molecule has 0 bridgehead atoms. The van der Waals surface area contributed by atoms with Gasteiger partial charge in [0.05, 0.1) is 5.56 Å². The van der Waals surface area contributed by atoms with Gasteiger partial charge in [-0.25, -0.2) is 0 Å². The number of rotatable bonds is 6. The molecule has 1 aromatic heterocycles. The normalized spacial score (nSPS) is 16.1. The zero-order valence-corrected chi connectivity index (χ0v) is 15.1. The number of piperidine rings is 1. The average molecular weight is 327 g/mol. The van der Waals surface area contributed by atoms with E-state index in [1.807, 2.05) is 6.07 Å². The van der Waals surface area contributed by atoms with E-state index in [0.717, 1.165) is 49.2 Å². The highest BCUT2D eigenvalue weighted by Gasteiger charge is 2.25. The Kier molecular flexibility index (Phi) is 5.56. The van der Waals surface area contributed by atoms with Crippen LogP contribution in [0.25, 0.3) is 11.3 Å². The molecule has 0 unspecified atom stereocenters. The second-order valence-corrected chi connectivity index (χ2v) is 7.38. The van der Waals surface area contributed by atoms with Crippen molar-refractivity contribution in [3.63, 3.8) is 0 Å². The molecule has 2 aromatic rings. The van der Waals surface area contributed by atoms with Crippen LogP contribution in [0.2, 0.25) is 0 Å². The van der Waals surface area contributed by atoms with Gasteiger partial charge < -0.3 is 14.7 Å². The lowest BCUT2D eigenvalue weighted by Gasteiger charge is -2.30. The lowest BCUT2D eigenvalue weighted by Crippen LogP contribution is -2.33. The molecule has 1 aliphatic rings. The molecule has 1 aromatic carbocycles. The third kappa shape index (κ3) is 3.99. The van der Waals surface area contributed by atoms with Crippen LogP contribution in [0, 0.1) is 11.8 Å². The monoisotopic (exact) mass is 327 g/mol. The number of aromatic nitrogens is 1. The van der Waals surface area contributed by atoms with Gasteiger partial charge in [-0.1, -0.05) is 56.3 Å². The Morgan fingerprint density at radius 3 is 2.58 bits per heavy atom. The molecule has 0 radical (unpaired) electrons. The lowest BCUT2D eigenvalue weighted by molar-refractivity contribution is 0.379. The summed E-state index contributed by atoms with van der Waals surface area (Å²) in [6, 6.07) is 10.3. The molecular formula is C20H29N3O. The molecule has 0 atom stereocenters. The molecular weight excluding hydrogens is 298 g/mol. The Hall–Kier alpha value is -1.81. The van der Waals surface area contributed by atoms with Crippen molar-refractivity contribution in [1.82, 2.24) is 10.5 Å². The summed E-state index contributed by atoms with van der Waals surface area (Å²) in [6.45, 7) is 10.7. The molecule has 3 rings (SSSR count). The first-order valence-corrected chi connectivity index (χ1v) is 9.14. The maximum Gasteiger partial charge on any atom is 0.232 e. The molecule has 130 valence electrons. The van der Waals surface area contributed by atoms with Crippen molar-refractivity contribution in [2.45, 2.75) is 40.2 Å². The zero-order chi connectivity index (χ0) is 16.9. The van der Waals surface area contributed by atoms with Crippen LogP contribution in [0.5, 0.6) is 0 Å². The van der Waals surface area contributed by atoms with Crippen LogP contribution < -0.4 is 10.2 Å². The first-order valence-electron chi connectivity index (χ1n) is 9.14. The van der Waals surface area contributed by atoms with Gasteiger partial charge in [-0.2, -0.15) is 0 Å². The second-order valence-electron chi connectivity index (χ2n) is 7.38. The summed E-state index contributed by atoms with van der Waals surface area (Å²) < 4.78 is 5.82. The van der Waals surface area contributed by atoms with E-state index >= 15 is 0 Å². The fraction of sp³-hybridized carbons (Fsp3) is 0.550. The number of anilines is 1. The van der Waals surface area contributed by atoms with Crippen LogP contribution in [-0.2, 0) is 6.54 Å². The molecule has 4 heteroatoms. The van der Waals surface area contributed by atoms with Crippen LogP contribution in [-0.4, -0.2) is 24.8 Å². The van der Waals surface area contributed by atoms with E-state index in [-0.39, 0.29) is 0 Å². The number of benzene rings is 1. The molecule has 0 aliphatic carbocycles. The van der Waals surface area contributed by atoms with Gasteiger partial charge in [-0.3, -0.25) is 0 Å². The Labute approximate surface area is 145 Å². The van der Waals surface area contributed by atoms with Crippen molar-refractivity contribution >= 4 is 5.88 Å². The minimum atomic E-state index is 0.629. The fourth-order valence-corrected chi connectivity index (χ4v) is 3.23. The molecule has 1 saturated heterocycles. The van der Waals surface area contributed by atoms with Gasteiger partial charge in [0.15, 0.2) is 0 Å². The Bertz CT molecular complexity index is 628. The van der Waals surface area contributed by atoms with Crippen molar-refractivity contribution in [1.29, 1.82) is 0 Å². The molecule has 1 fully saturated rings. The number of nitrogens with one attached hydrogen (secondary N) is 1. The summed E-state index contributed by atoms with van der Waals surface area (Å²) in [4.78, 5) is 2.37. The van der Waals surface area contributed by atoms with Crippen LogP contribution in [0.1, 0.15) is 39.2 Å². The first-order chi connectivity index (χ1) is 11.6. The molecule has 0 saturated carbocycles. The van der Waals surface area contributed by atoms with Crippen LogP contribution in [0.4, 0.5) is 5.88 Å². The highest BCUT2D eigenvalue weighted by atomic mass is 16.5. The summed E-state index contributed by atoms with van der Waals surface area (Å²) in [5.74, 6) is 2.39. The first kappa shape index (κ1) is 17.0. The largest absolute Gasteiger partial charge is 0.340 e. The van der Waals surface area contributed by atoms with E-state index in [1.54, 1.807) is 0 Å². The van der Waals surface area contributed by atoms with E-state index in [0.29, 0.717) is 5.92 Å². The van der Waals surface area contributed by atoms with Gasteiger partial charge >= 0.3 is 0 Å². The topological polar surface area (TPSA) is 41.3 Å². The van der Waals surface area contributed by atoms with Gasteiger partial charge in [-0.05, 0) is 31.2 Å². The number of nitrogens with zero attached hydrogens (tertiary/aromatic N) is 2. The maximum atomic E-state index is 5.82. The molecule has 24 heavy (non-hydrogen) atoms. The average Bonchev–Trinajstić information content (AvgIpc) is 3.00. The summed E-state index contributed by atoms with van der Waals surface area (Å²) in [6.07, 6.45) is 2.44. The predicted octanol–water partition coefficient (Wildman–Crippen LogP) is 4.32. The number of hydrogen-bond donors (Lipinski definition) is 1. The van der Waals surface area contributed by atoms with E-state index < -0.39 is 0 Å². The molecule has 0 amide bonds. The summed E-state index contributed by atoms with van der Waals surface area (Å²) in [5, 5.41) is 7.98. The Morgan fingerprint density at radius 2 is 1.92 bits per heavy atom. The molecule has 0 spiro atoms. The third-order valence-electron chi connectivity index (χ3n) is 4.74. The highest BCUT2D eigenvalue weighted by Crippen LogP contribution is 2.33. The molecule has 1 aliphatic heterocycles. The molecule has 1 N–H and O–H groups in total. The van der Waals surface area contributed by atoms with Gasteiger partial charge in [0.25, 0.3) is 0 Å². The minimum absolute atomic E-state index is 0.629. The summed E-state index contributed by atoms with van der Waals surface area (Å²) in [7, 11) is 0.